The number of rotatable bonds is 1. The van der Waals surface area contributed by atoms with Gasteiger partial charge < -0.3 is 10.3 Å². The topological polar surface area (TPSA) is 75.9 Å². The van der Waals surface area contributed by atoms with Crippen molar-refractivity contribution in [3.05, 3.63) is 53.5 Å². The van der Waals surface area contributed by atoms with E-state index in [0.29, 0.717) is 16.6 Å². The van der Waals surface area contributed by atoms with Crippen molar-refractivity contribution in [2.45, 2.75) is 0 Å². The highest BCUT2D eigenvalue weighted by atomic mass is 16.5. The summed E-state index contributed by atoms with van der Waals surface area (Å²) in [4.78, 5) is 0. The fourth-order valence-corrected chi connectivity index (χ4v) is 2.44. The number of hydrogen-bond donors (Lipinski definition) is 1. The quantitative estimate of drug-likeness (QED) is 0.540. The molecule has 0 amide bonds. The van der Waals surface area contributed by atoms with E-state index in [1.54, 1.807) is 42.1 Å². The minimum absolute atomic E-state index is 0.143. The third kappa shape index (κ3) is 1.67. The number of aromatic nitrogens is 2. The number of phenols is 1. The standard InChI is InChI=1S/C15H11N3O2/c1-17-9-11(8-16)14-13(5-6-18(20)15(14)17)10-3-2-4-12(19)7-10/h2-7,9,19H,1H3. The molecular formula is C15H11N3O2. The summed E-state index contributed by atoms with van der Waals surface area (Å²) >= 11 is 0. The smallest absolute Gasteiger partial charge is 0.293 e. The first-order valence-electron chi connectivity index (χ1n) is 6.02. The fourth-order valence-electron chi connectivity index (χ4n) is 2.44. The molecule has 0 bridgehead atoms. The zero-order valence-electron chi connectivity index (χ0n) is 10.7. The van der Waals surface area contributed by atoms with Gasteiger partial charge in [-0.2, -0.15) is 5.26 Å². The second kappa shape index (κ2) is 4.28. The van der Waals surface area contributed by atoms with Crippen LogP contribution in [0.1, 0.15) is 5.56 Å². The van der Waals surface area contributed by atoms with E-state index in [-0.39, 0.29) is 5.75 Å². The van der Waals surface area contributed by atoms with Crippen LogP contribution < -0.4 is 4.73 Å². The molecule has 5 nitrogen and oxygen atoms in total. The first-order valence-corrected chi connectivity index (χ1v) is 6.02. The minimum Gasteiger partial charge on any atom is -0.711 e. The third-order valence-corrected chi connectivity index (χ3v) is 3.28. The van der Waals surface area contributed by atoms with E-state index < -0.39 is 0 Å². The fraction of sp³-hybridized carbons (Fsp3) is 0.0667. The van der Waals surface area contributed by atoms with Crippen molar-refractivity contribution in [2.75, 3.05) is 0 Å². The summed E-state index contributed by atoms with van der Waals surface area (Å²) in [6.07, 6.45) is 3.04. The number of pyridine rings is 1. The van der Waals surface area contributed by atoms with Gasteiger partial charge in [-0.05, 0) is 23.8 Å². The van der Waals surface area contributed by atoms with Crippen molar-refractivity contribution < 1.29 is 9.84 Å². The molecule has 3 rings (SSSR count). The van der Waals surface area contributed by atoms with Crippen LogP contribution in [0.5, 0.6) is 5.75 Å². The molecule has 0 unspecified atom stereocenters. The zero-order chi connectivity index (χ0) is 14.3. The minimum atomic E-state index is 0.143. The summed E-state index contributed by atoms with van der Waals surface area (Å²) in [6, 6.07) is 10.5. The van der Waals surface area contributed by atoms with Gasteiger partial charge in [0.15, 0.2) is 0 Å². The Balaban J connectivity index is 2.43. The Labute approximate surface area is 115 Å². The Kier molecular flexibility index (Phi) is 2.58. The maximum atomic E-state index is 11.9. The van der Waals surface area contributed by atoms with Crippen molar-refractivity contribution in [3.8, 4) is 22.9 Å². The molecule has 5 heteroatoms. The largest absolute Gasteiger partial charge is 0.711 e. The van der Waals surface area contributed by atoms with Gasteiger partial charge in [-0.3, -0.25) is 0 Å². The normalized spacial score (nSPS) is 10.6. The molecule has 0 fully saturated rings. The highest BCUT2D eigenvalue weighted by Crippen LogP contribution is 2.31. The van der Waals surface area contributed by atoms with Crippen molar-refractivity contribution in [1.82, 2.24) is 4.57 Å². The Bertz CT molecular complexity index is 859. The zero-order valence-corrected chi connectivity index (χ0v) is 10.7. The molecular weight excluding hydrogens is 254 g/mol. The van der Waals surface area contributed by atoms with E-state index in [2.05, 4.69) is 6.07 Å². The van der Waals surface area contributed by atoms with Crippen molar-refractivity contribution in [1.29, 1.82) is 5.26 Å². The number of aromatic hydroxyl groups is 1. The number of fused-ring (bicyclic) bond motifs is 1. The maximum absolute atomic E-state index is 11.9. The van der Waals surface area contributed by atoms with Crippen LogP contribution in [0.25, 0.3) is 22.2 Å². The SMILES string of the molecule is Cn1cc(C#N)c2c(-c3cccc(O)c3)cc[n+]([O-])c21. The molecule has 0 spiro atoms. The predicted octanol–water partition coefficient (Wildman–Crippen LogP) is 2.06. The lowest BCUT2D eigenvalue weighted by Gasteiger charge is -2.08. The predicted molar refractivity (Wildman–Crippen MR) is 73.7 cm³/mol. The lowest BCUT2D eigenvalue weighted by atomic mass is 10.0. The van der Waals surface area contributed by atoms with E-state index in [9.17, 15) is 15.6 Å². The molecule has 3 aromatic rings. The molecule has 2 aromatic heterocycles. The second-order valence-electron chi connectivity index (χ2n) is 4.57. The van der Waals surface area contributed by atoms with Crippen LogP contribution in [0, 0.1) is 16.5 Å². The second-order valence-corrected chi connectivity index (χ2v) is 4.57. The van der Waals surface area contributed by atoms with Crippen molar-refractivity contribution in [3.63, 3.8) is 0 Å². The van der Waals surface area contributed by atoms with Gasteiger partial charge in [-0.15, -0.1) is 0 Å². The maximum Gasteiger partial charge on any atom is 0.293 e. The molecule has 1 N–H and O–H groups in total. The summed E-state index contributed by atoms with van der Waals surface area (Å²) in [5.41, 5.74) is 2.37. The Morgan fingerprint density at radius 2 is 2.15 bits per heavy atom. The highest BCUT2D eigenvalue weighted by molar-refractivity contribution is 5.96. The lowest BCUT2D eigenvalue weighted by molar-refractivity contribution is -0.580. The molecule has 2 heterocycles. The van der Waals surface area contributed by atoms with Crippen LogP contribution in [0.2, 0.25) is 0 Å². The molecule has 1 aromatic carbocycles. The average molecular weight is 265 g/mol. The summed E-state index contributed by atoms with van der Waals surface area (Å²) in [5.74, 6) is 0.143. The van der Waals surface area contributed by atoms with Gasteiger partial charge in [0, 0.05) is 5.56 Å². The molecule has 0 saturated heterocycles. The van der Waals surface area contributed by atoms with Crippen LogP contribution in [-0.4, -0.2) is 9.67 Å². The average Bonchev–Trinajstić information content (AvgIpc) is 2.77. The van der Waals surface area contributed by atoms with E-state index in [4.69, 9.17) is 0 Å². The molecule has 0 radical (unpaired) electrons. The third-order valence-electron chi connectivity index (χ3n) is 3.28. The van der Waals surface area contributed by atoms with E-state index in [0.717, 1.165) is 15.9 Å². The Morgan fingerprint density at radius 3 is 2.85 bits per heavy atom. The number of aryl methyl sites for hydroxylation is 1. The summed E-state index contributed by atoms with van der Waals surface area (Å²) in [7, 11) is 1.73. The first kappa shape index (κ1) is 12.1. The van der Waals surface area contributed by atoms with Gasteiger partial charge in [0.05, 0.1) is 18.6 Å². The lowest BCUT2D eigenvalue weighted by Crippen LogP contribution is -2.28. The van der Waals surface area contributed by atoms with Crippen LogP contribution >= 0.6 is 0 Å². The van der Waals surface area contributed by atoms with Crippen LogP contribution in [0.3, 0.4) is 0 Å². The number of phenolic OH excluding ortho intramolecular Hbond substituents is 1. The van der Waals surface area contributed by atoms with E-state index in [1.165, 1.54) is 6.20 Å². The van der Waals surface area contributed by atoms with Crippen LogP contribution in [0.15, 0.2) is 42.7 Å². The summed E-state index contributed by atoms with van der Waals surface area (Å²) < 4.78 is 2.37. The van der Waals surface area contributed by atoms with Gasteiger partial charge in [-0.25, -0.2) is 9.30 Å². The number of hydrogen-bond acceptors (Lipinski definition) is 3. The molecule has 0 atom stereocenters. The highest BCUT2D eigenvalue weighted by Gasteiger charge is 2.19. The van der Waals surface area contributed by atoms with Crippen LogP contribution in [0.4, 0.5) is 0 Å². The molecule has 20 heavy (non-hydrogen) atoms. The van der Waals surface area contributed by atoms with Crippen LogP contribution in [-0.2, 0) is 7.05 Å². The van der Waals surface area contributed by atoms with Crippen molar-refractivity contribution >= 4 is 11.0 Å². The van der Waals surface area contributed by atoms with Gasteiger partial charge in [0.2, 0.25) is 0 Å². The number of nitriles is 1. The molecule has 0 aliphatic heterocycles. The van der Waals surface area contributed by atoms with Gasteiger partial charge in [0.25, 0.3) is 5.65 Å². The summed E-state index contributed by atoms with van der Waals surface area (Å²) in [6.45, 7) is 0. The first-order chi connectivity index (χ1) is 9.61. The van der Waals surface area contributed by atoms with E-state index in [1.807, 2.05) is 6.07 Å². The van der Waals surface area contributed by atoms with E-state index >= 15 is 0 Å². The van der Waals surface area contributed by atoms with Gasteiger partial charge >= 0.3 is 0 Å². The molecule has 0 aliphatic carbocycles. The molecule has 0 saturated carbocycles. The number of nitrogens with zero attached hydrogens (tertiary/aromatic N) is 3. The monoisotopic (exact) mass is 265 g/mol. The van der Waals surface area contributed by atoms with Crippen molar-refractivity contribution in [2.24, 2.45) is 7.05 Å². The number of benzene rings is 1. The molecule has 98 valence electrons. The van der Waals surface area contributed by atoms with Gasteiger partial charge in [0.1, 0.15) is 23.6 Å². The summed E-state index contributed by atoms with van der Waals surface area (Å²) in [5, 5.41) is 31.3. The van der Waals surface area contributed by atoms with Gasteiger partial charge in [-0.1, -0.05) is 12.1 Å². The Morgan fingerprint density at radius 1 is 1.35 bits per heavy atom. The molecule has 0 aliphatic rings. The Hall–Kier alpha value is -3.00.